The summed E-state index contributed by atoms with van der Waals surface area (Å²) in [6.45, 7) is 4.67. The molecule has 0 aromatic rings. The van der Waals surface area contributed by atoms with Gasteiger partial charge in [-0.25, -0.2) is 0 Å². The van der Waals surface area contributed by atoms with Gasteiger partial charge in [-0.3, -0.25) is 4.79 Å². The third kappa shape index (κ3) is 2.09. The lowest BCUT2D eigenvalue weighted by atomic mass is 9.79. The molecule has 1 amide bonds. The van der Waals surface area contributed by atoms with Crippen LogP contribution in [0.4, 0.5) is 0 Å². The molecule has 1 aliphatic carbocycles. The summed E-state index contributed by atoms with van der Waals surface area (Å²) in [6.07, 6.45) is 3.89. The van der Waals surface area contributed by atoms with Gasteiger partial charge in [-0.05, 0) is 32.6 Å². The molecule has 0 radical (unpaired) electrons. The van der Waals surface area contributed by atoms with E-state index in [2.05, 4.69) is 6.92 Å². The van der Waals surface area contributed by atoms with Crippen LogP contribution in [0.1, 0.15) is 32.6 Å². The fourth-order valence-electron chi connectivity index (χ4n) is 2.53. The monoisotopic (exact) mass is 226 g/mol. The Labute approximate surface area is 97.1 Å². The molecular formula is C12H22N2O2. The number of ether oxygens (including phenoxy) is 1. The van der Waals surface area contributed by atoms with Crippen LogP contribution in [0.25, 0.3) is 0 Å². The van der Waals surface area contributed by atoms with Crippen molar-refractivity contribution in [2.24, 2.45) is 11.1 Å². The molecule has 0 unspecified atom stereocenters. The van der Waals surface area contributed by atoms with Gasteiger partial charge in [0.05, 0.1) is 5.41 Å². The van der Waals surface area contributed by atoms with Crippen LogP contribution in [0.2, 0.25) is 0 Å². The maximum Gasteiger partial charge on any atom is 0.230 e. The van der Waals surface area contributed by atoms with Gasteiger partial charge in [-0.1, -0.05) is 0 Å². The van der Waals surface area contributed by atoms with Crippen molar-refractivity contribution in [2.45, 2.75) is 38.6 Å². The van der Waals surface area contributed by atoms with Crippen LogP contribution in [0.5, 0.6) is 0 Å². The van der Waals surface area contributed by atoms with Crippen molar-refractivity contribution in [3.05, 3.63) is 0 Å². The largest absolute Gasteiger partial charge is 0.381 e. The Morgan fingerprint density at radius 1 is 1.44 bits per heavy atom. The third-order valence-corrected chi connectivity index (χ3v) is 3.88. The SMILES string of the molecule is CCN(C(=O)C1(CN)CCOCC1)C1CC1. The lowest BCUT2D eigenvalue weighted by Gasteiger charge is -2.38. The zero-order chi connectivity index (χ0) is 11.6. The van der Waals surface area contributed by atoms with Gasteiger partial charge in [0, 0.05) is 32.3 Å². The maximum absolute atomic E-state index is 12.6. The van der Waals surface area contributed by atoms with Gasteiger partial charge in [-0.15, -0.1) is 0 Å². The van der Waals surface area contributed by atoms with Crippen molar-refractivity contribution in [3.8, 4) is 0 Å². The fraction of sp³-hybridized carbons (Fsp3) is 0.917. The Kier molecular flexibility index (Phi) is 3.50. The first-order chi connectivity index (χ1) is 7.73. The fourth-order valence-corrected chi connectivity index (χ4v) is 2.53. The number of nitrogens with zero attached hydrogens (tertiary/aromatic N) is 1. The zero-order valence-electron chi connectivity index (χ0n) is 10.1. The van der Waals surface area contributed by atoms with E-state index in [1.54, 1.807) is 0 Å². The summed E-state index contributed by atoms with van der Waals surface area (Å²) in [5, 5.41) is 0. The van der Waals surface area contributed by atoms with Crippen molar-refractivity contribution >= 4 is 5.91 Å². The van der Waals surface area contributed by atoms with E-state index in [0.29, 0.717) is 25.8 Å². The molecule has 0 aromatic carbocycles. The van der Waals surface area contributed by atoms with Crippen molar-refractivity contribution in [3.63, 3.8) is 0 Å². The minimum atomic E-state index is -0.336. The number of amides is 1. The number of hydrogen-bond donors (Lipinski definition) is 1. The van der Waals surface area contributed by atoms with Crippen molar-refractivity contribution in [2.75, 3.05) is 26.3 Å². The topological polar surface area (TPSA) is 55.6 Å². The van der Waals surface area contributed by atoms with E-state index >= 15 is 0 Å². The van der Waals surface area contributed by atoms with E-state index in [4.69, 9.17) is 10.5 Å². The molecule has 2 N–H and O–H groups in total. The molecule has 16 heavy (non-hydrogen) atoms. The molecule has 1 aliphatic heterocycles. The van der Waals surface area contributed by atoms with Gasteiger partial charge in [0.15, 0.2) is 0 Å². The quantitative estimate of drug-likeness (QED) is 0.769. The molecule has 4 heteroatoms. The summed E-state index contributed by atoms with van der Waals surface area (Å²) in [5.74, 6) is 0.267. The highest BCUT2D eigenvalue weighted by Crippen LogP contribution is 2.36. The number of nitrogens with two attached hydrogens (primary N) is 1. The molecule has 92 valence electrons. The molecule has 1 saturated carbocycles. The second-order valence-corrected chi connectivity index (χ2v) is 4.92. The van der Waals surface area contributed by atoms with Crippen molar-refractivity contribution in [1.82, 2.24) is 4.90 Å². The first-order valence-electron chi connectivity index (χ1n) is 6.32. The van der Waals surface area contributed by atoms with Crippen LogP contribution in [0, 0.1) is 5.41 Å². The molecule has 2 rings (SSSR count). The molecule has 2 fully saturated rings. The van der Waals surface area contributed by atoms with Gasteiger partial charge in [0.25, 0.3) is 0 Å². The van der Waals surface area contributed by atoms with Crippen LogP contribution in [-0.2, 0) is 9.53 Å². The Morgan fingerprint density at radius 3 is 2.50 bits per heavy atom. The molecule has 0 spiro atoms. The molecule has 2 aliphatic rings. The Balaban J connectivity index is 2.09. The number of hydrogen-bond acceptors (Lipinski definition) is 3. The molecule has 4 nitrogen and oxygen atoms in total. The lowest BCUT2D eigenvalue weighted by molar-refractivity contribution is -0.147. The van der Waals surface area contributed by atoms with Crippen LogP contribution in [0.15, 0.2) is 0 Å². The van der Waals surface area contributed by atoms with Crippen LogP contribution in [-0.4, -0.2) is 43.2 Å². The van der Waals surface area contributed by atoms with E-state index in [0.717, 1.165) is 32.2 Å². The Hall–Kier alpha value is -0.610. The van der Waals surface area contributed by atoms with E-state index in [1.807, 2.05) is 4.90 Å². The maximum atomic E-state index is 12.6. The average molecular weight is 226 g/mol. The van der Waals surface area contributed by atoms with E-state index < -0.39 is 0 Å². The first-order valence-corrected chi connectivity index (χ1v) is 6.32. The van der Waals surface area contributed by atoms with E-state index in [-0.39, 0.29) is 11.3 Å². The Morgan fingerprint density at radius 2 is 2.06 bits per heavy atom. The minimum Gasteiger partial charge on any atom is -0.381 e. The molecule has 0 aromatic heterocycles. The van der Waals surface area contributed by atoms with Gasteiger partial charge in [-0.2, -0.15) is 0 Å². The summed E-state index contributed by atoms with van der Waals surface area (Å²) in [7, 11) is 0. The molecule has 0 bridgehead atoms. The normalized spacial score (nSPS) is 24.1. The third-order valence-electron chi connectivity index (χ3n) is 3.88. The second kappa shape index (κ2) is 4.72. The summed E-state index contributed by atoms with van der Waals surface area (Å²) in [4.78, 5) is 14.6. The van der Waals surface area contributed by atoms with Crippen LogP contribution < -0.4 is 5.73 Å². The van der Waals surface area contributed by atoms with Gasteiger partial charge >= 0.3 is 0 Å². The highest BCUT2D eigenvalue weighted by atomic mass is 16.5. The van der Waals surface area contributed by atoms with Gasteiger partial charge in [0.1, 0.15) is 0 Å². The Bertz CT molecular complexity index is 258. The second-order valence-electron chi connectivity index (χ2n) is 4.92. The predicted molar refractivity (Wildman–Crippen MR) is 61.9 cm³/mol. The standard InChI is InChI=1S/C12H22N2O2/c1-2-14(10-3-4-10)11(15)12(9-13)5-7-16-8-6-12/h10H,2-9,13H2,1H3. The van der Waals surface area contributed by atoms with Crippen molar-refractivity contribution < 1.29 is 9.53 Å². The highest BCUT2D eigenvalue weighted by Gasteiger charge is 2.44. The average Bonchev–Trinajstić information content (AvgIpc) is 3.15. The summed E-state index contributed by atoms with van der Waals surface area (Å²) in [5.41, 5.74) is 5.51. The molecule has 1 saturated heterocycles. The minimum absolute atomic E-state index is 0.267. The van der Waals surface area contributed by atoms with E-state index in [1.165, 1.54) is 0 Å². The number of rotatable bonds is 4. The highest BCUT2D eigenvalue weighted by molar-refractivity contribution is 5.83. The summed E-state index contributed by atoms with van der Waals surface area (Å²) >= 11 is 0. The van der Waals surface area contributed by atoms with Gasteiger partial charge < -0.3 is 15.4 Å². The predicted octanol–water partition coefficient (Wildman–Crippen LogP) is 0.753. The first kappa shape index (κ1) is 11.9. The lowest BCUT2D eigenvalue weighted by Crippen LogP contribution is -2.51. The van der Waals surface area contributed by atoms with Gasteiger partial charge in [0.2, 0.25) is 5.91 Å². The molecular weight excluding hydrogens is 204 g/mol. The van der Waals surface area contributed by atoms with Crippen molar-refractivity contribution in [1.29, 1.82) is 0 Å². The van der Waals surface area contributed by atoms with E-state index in [9.17, 15) is 4.79 Å². The van der Waals surface area contributed by atoms with Crippen LogP contribution in [0.3, 0.4) is 0 Å². The zero-order valence-corrected chi connectivity index (χ0v) is 10.1. The molecule has 1 heterocycles. The smallest absolute Gasteiger partial charge is 0.230 e. The number of carbonyl (C=O) groups excluding carboxylic acids is 1. The molecule has 0 atom stereocenters. The summed E-state index contributed by atoms with van der Waals surface area (Å²) < 4.78 is 5.34. The van der Waals surface area contributed by atoms with Crippen LogP contribution >= 0.6 is 0 Å². The summed E-state index contributed by atoms with van der Waals surface area (Å²) in [6, 6.07) is 0.490. The number of carbonyl (C=O) groups is 1.